The maximum atomic E-state index is 14.7. The van der Waals surface area contributed by atoms with Crippen molar-refractivity contribution in [3.8, 4) is 17.2 Å². The highest BCUT2D eigenvalue weighted by Gasteiger charge is 2.19. The van der Waals surface area contributed by atoms with Gasteiger partial charge in [0.2, 0.25) is 21.7 Å². The Kier molecular flexibility index (Phi) is 9.25. The van der Waals surface area contributed by atoms with E-state index in [-0.39, 0.29) is 11.8 Å². The molecule has 0 aliphatic heterocycles. The standard InChI is InChI=1S/C24H28FN5O7S/c1-14-7-6-8-18(16(14)13-38(32,33)27-12-21(31)36-4)29-23-17(25)11-26-24(30-23)28-15-9-19(34-2)22(37-5)20(10-15)35-3/h6-11,27H,12-13H2,1-5H3,(H2,26,28,29,30). The predicted octanol–water partition coefficient (Wildman–Crippen LogP) is 3.03. The van der Waals surface area contributed by atoms with Gasteiger partial charge in [-0.3, -0.25) is 4.79 Å². The number of ether oxygens (including phenoxy) is 4. The smallest absolute Gasteiger partial charge is 0.320 e. The van der Waals surface area contributed by atoms with Crippen molar-refractivity contribution in [3.63, 3.8) is 0 Å². The first-order valence-electron chi connectivity index (χ1n) is 11.1. The zero-order valence-corrected chi connectivity index (χ0v) is 22.2. The van der Waals surface area contributed by atoms with Gasteiger partial charge < -0.3 is 29.6 Å². The number of aryl methyl sites for hydroxylation is 1. The molecule has 0 atom stereocenters. The average molecular weight is 550 g/mol. The number of carbonyl (C=O) groups is 1. The van der Waals surface area contributed by atoms with Gasteiger partial charge in [0.25, 0.3) is 0 Å². The lowest BCUT2D eigenvalue weighted by atomic mass is 10.1. The minimum atomic E-state index is -3.92. The Balaban J connectivity index is 1.89. The molecule has 0 unspecified atom stereocenters. The van der Waals surface area contributed by atoms with Crippen LogP contribution in [0, 0.1) is 12.7 Å². The molecule has 0 spiro atoms. The summed E-state index contributed by atoms with van der Waals surface area (Å²) in [4.78, 5) is 19.5. The highest BCUT2D eigenvalue weighted by molar-refractivity contribution is 7.88. The van der Waals surface area contributed by atoms with Crippen molar-refractivity contribution in [2.45, 2.75) is 12.7 Å². The Morgan fingerprint density at radius 2 is 1.71 bits per heavy atom. The number of sulfonamides is 1. The molecule has 0 radical (unpaired) electrons. The van der Waals surface area contributed by atoms with Crippen LogP contribution in [0.15, 0.2) is 36.5 Å². The fourth-order valence-electron chi connectivity index (χ4n) is 3.42. The number of aromatic nitrogens is 2. The summed E-state index contributed by atoms with van der Waals surface area (Å²) < 4.78 is 62.5. The summed E-state index contributed by atoms with van der Waals surface area (Å²) in [5.41, 5.74) is 1.78. The van der Waals surface area contributed by atoms with Crippen LogP contribution in [-0.2, 0) is 25.3 Å². The average Bonchev–Trinajstić information content (AvgIpc) is 2.90. The van der Waals surface area contributed by atoms with Gasteiger partial charge in [0.05, 0.1) is 40.4 Å². The lowest BCUT2D eigenvalue weighted by molar-refractivity contribution is -0.139. The maximum Gasteiger partial charge on any atom is 0.320 e. The number of rotatable bonds is 12. The third-order valence-electron chi connectivity index (χ3n) is 5.33. The molecule has 0 saturated carbocycles. The third-order valence-corrected chi connectivity index (χ3v) is 6.58. The number of carbonyl (C=O) groups excluding carboxylic acids is 1. The lowest BCUT2D eigenvalue weighted by Gasteiger charge is -2.16. The molecule has 1 aromatic heterocycles. The Morgan fingerprint density at radius 1 is 1.03 bits per heavy atom. The molecule has 204 valence electrons. The van der Waals surface area contributed by atoms with E-state index in [4.69, 9.17) is 14.2 Å². The van der Waals surface area contributed by atoms with Crippen molar-refractivity contribution in [1.29, 1.82) is 0 Å². The van der Waals surface area contributed by atoms with Crippen molar-refractivity contribution in [2.75, 3.05) is 45.6 Å². The number of halogens is 1. The Hall–Kier alpha value is -4.17. The molecule has 3 rings (SSSR count). The van der Waals surface area contributed by atoms with Gasteiger partial charge in [0, 0.05) is 23.5 Å². The van der Waals surface area contributed by atoms with Crippen molar-refractivity contribution in [3.05, 3.63) is 53.5 Å². The van der Waals surface area contributed by atoms with Crippen molar-refractivity contribution in [2.24, 2.45) is 0 Å². The van der Waals surface area contributed by atoms with Gasteiger partial charge in [0.1, 0.15) is 6.54 Å². The van der Waals surface area contributed by atoms with E-state index in [0.29, 0.717) is 39.8 Å². The van der Waals surface area contributed by atoms with E-state index < -0.39 is 34.1 Å². The van der Waals surface area contributed by atoms with Gasteiger partial charge in [-0.05, 0) is 24.1 Å². The molecule has 0 bridgehead atoms. The van der Waals surface area contributed by atoms with Gasteiger partial charge >= 0.3 is 5.97 Å². The molecule has 3 aromatic rings. The zero-order chi connectivity index (χ0) is 27.9. The summed E-state index contributed by atoms with van der Waals surface area (Å²) in [5, 5.41) is 5.81. The molecule has 2 aromatic carbocycles. The maximum absolute atomic E-state index is 14.7. The second-order valence-electron chi connectivity index (χ2n) is 7.81. The first-order chi connectivity index (χ1) is 18.1. The predicted molar refractivity (Wildman–Crippen MR) is 138 cm³/mol. The Morgan fingerprint density at radius 3 is 2.32 bits per heavy atom. The van der Waals surface area contributed by atoms with Crippen LogP contribution in [0.1, 0.15) is 11.1 Å². The fourth-order valence-corrected chi connectivity index (χ4v) is 4.62. The van der Waals surface area contributed by atoms with Crippen LogP contribution < -0.4 is 29.6 Å². The summed E-state index contributed by atoms with van der Waals surface area (Å²) in [6.45, 7) is 1.20. The van der Waals surface area contributed by atoms with Crippen LogP contribution in [-0.4, -0.2) is 59.3 Å². The Bertz CT molecular complexity index is 1390. The van der Waals surface area contributed by atoms with Crippen LogP contribution in [0.3, 0.4) is 0 Å². The number of nitrogens with zero attached hydrogens (tertiary/aromatic N) is 2. The second-order valence-corrected chi connectivity index (χ2v) is 9.62. The second kappa shape index (κ2) is 12.4. The van der Waals surface area contributed by atoms with Gasteiger partial charge in [-0.2, -0.15) is 4.98 Å². The van der Waals surface area contributed by atoms with Gasteiger partial charge in [-0.1, -0.05) is 12.1 Å². The van der Waals surface area contributed by atoms with E-state index in [1.807, 2.05) is 0 Å². The molecule has 0 fully saturated rings. The van der Waals surface area contributed by atoms with Crippen LogP contribution in [0.5, 0.6) is 17.2 Å². The van der Waals surface area contributed by atoms with Gasteiger partial charge in [-0.25, -0.2) is 22.5 Å². The molecule has 0 saturated heterocycles. The molecule has 0 aliphatic rings. The number of esters is 1. The number of hydrogen-bond acceptors (Lipinski definition) is 11. The molecule has 38 heavy (non-hydrogen) atoms. The first-order valence-corrected chi connectivity index (χ1v) is 12.7. The van der Waals surface area contributed by atoms with Crippen LogP contribution in [0.25, 0.3) is 0 Å². The molecule has 1 heterocycles. The van der Waals surface area contributed by atoms with Gasteiger partial charge in [0.15, 0.2) is 23.1 Å². The SMILES string of the molecule is COC(=O)CNS(=O)(=O)Cc1c(C)cccc1Nc1nc(Nc2cc(OC)c(OC)c(OC)c2)ncc1F. The quantitative estimate of drug-likeness (QED) is 0.286. The number of nitrogens with one attached hydrogen (secondary N) is 3. The number of hydrogen-bond donors (Lipinski definition) is 3. The van der Waals surface area contributed by atoms with Crippen molar-refractivity contribution in [1.82, 2.24) is 14.7 Å². The monoisotopic (exact) mass is 549 g/mol. The molecule has 0 amide bonds. The van der Waals surface area contributed by atoms with Crippen molar-refractivity contribution < 1.29 is 36.6 Å². The highest BCUT2D eigenvalue weighted by Crippen LogP contribution is 2.40. The van der Waals surface area contributed by atoms with E-state index in [9.17, 15) is 17.6 Å². The van der Waals surface area contributed by atoms with E-state index in [0.717, 1.165) is 13.3 Å². The largest absolute Gasteiger partial charge is 0.493 e. The fraction of sp³-hybridized carbons (Fsp3) is 0.292. The summed E-state index contributed by atoms with van der Waals surface area (Å²) in [7, 11) is 1.66. The molecular weight excluding hydrogens is 521 g/mol. The van der Waals surface area contributed by atoms with E-state index in [1.165, 1.54) is 21.3 Å². The normalized spacial score (nSPS) is 11.0. The summed E-state index contributed by atoms with van der Waals surface area (Å²) >= 11 is 0. The van der Waals surface area contributed by atoms with E-state index in [1.54, 1.807) is 37.3 Å². The topological polar surface area (TPSA) is 150 Å². The Labute approximate surface area is 219 Å². The number of anilines is 4. The number of methoxy groups -OCH3 is 4. The molecule has 3 N–H and O–H groups in total. The van der Waals surface area contributed by atoms with Crippen molar-refractivity contribution >= 4 is 39.1 Å². The molecule has 0 aliphatic carbocycles. The summed E-state index contributed by atoms with van der Waals surface area (Å²) in [6.07, 6.45) is 0.972. The van der Waals surface area contributed by atoms with Crippen LogP contribution in [0.2, 0.25) is 0 Å². The first kappa shape index (κ1) is 28.4. The summed E-state index contributed by atoms with van der Waals surface area (Å²) in [5.74, 6) is -0.936. The van der Waals surface area contributed by atoms with E-state index in [2.05, 4.69) is 30.1 Å². The summed E-state index contributed by atoms with van der Waals surface area (Å²) in [6, 6.07) is 8.25. The van der Waals surface area contributed by atoms with Gasteiger partial charge in [-0.15, -0.1) is 0 Å². The van der Waals surface area contributed by atoms with Crippen LogP contribution >= 0.6 is 0 Å². The molecular formula is C24H28FN5O7S. The minimum Gasteiger partial charge on any atom is -0.493 e. The van der Waals surface area contributed by atoms with Crippen LogP contribution in [0.4, 0.5) is 27.5 Å². The third kappa shape index (κ3) is 6.98. The minimum absolute atomic E-state index is 0.0461. The number of benzene rings is 2. The molecule has 12 nitrogen and oxygen atoms in total. The zero-order valence-electron chi connectivity index (χ0n) is 21.4. The lowest BCUT2D eigenvalue weighted by Crippen LogP contribution is -2.31. The highest BCUT2D eigenvalue weighted by atomic mass is 32.2. The molecule has 14 heteroatoms. The van der Waals surface area contributed by atoms with E-state index >= 15 is 0 Å².